The molecule has 29 heavy (non-hydrogen) atoms. The topological polar surface area (TPSA) is 19.0 Å². The molecule has 0 aromatic heterocycles. The minimum absolute atomic E-state index is 0.284. The highest BCUT2D eigenvalue weighted by atomic mass is 16.5. The van der Waals surface area contributed by atoms with Crippen LogP contribution >= 0.6 is 0 Å². The number of methoxy groups -OCH3 is 1. The van der Waals surface area contributed by atoms with Crippen molar-refractivity contribution >= 4 is 0 Å². The third-order valence-corrected chi connectivity index (χ3v) is 6.43. The van der Waals surface area contributed by atoms with Gasteiger partial charge in [-0.1, -0.05) is 35.9 Å². The molecule has 2 aromatic rings. The van der Waals surface area contributed by atoms with Crippen molar-refractivity contribution in [1.29, 1.82) is 0 Å². The number of benzene rings is 2. The Bertz CT molecular complexity index is 812. The number of rotatable bonds is 7. The van der Waals surface area contributed by atoms with Crippen molar-refractivity contribution in [3.8, 4) is 5.75 Å². The zero-order valence-electron chi connectivity index (χ0n) is 19.0. The van der Waals surface area contributed by atoms with Gasteiger partial charge >= 0.3 is 0 Å². The van der Waals surface area contributed by atoms with Crippen LogP contribution in [0.5, 0.6) is 5.75 Å². The lowest BCUT2D eigenvalue weighted by Gasteiger charge is -2.33. The smallest absolute Gasteiger partial charge is 0.123 e. The van der Waals surface area contributed by atoms with E-state index in [1.165, 1.54) is 27.8 Å². The van der Waals surface area contributed by atoms with Gasteiger partial charge in [-0.3, -0.25) is 9.80 Å². The van der Waals surface area contributed by atoms with Crippen LogP contribution in [0, 0.1) is 13.8 Å². The van der Waals surface area contributed by atoms with Gasteiger partial charge in [-0.2, -0.15) is 0 Å². The molecule has 0 radical (unpaired) electrons. The van der Waals surface area contributed by atoms with E-state index in [1.54, 1.807) is 7.11 Å². The molecule has 4 nitrogen and oxygen atoms in total. The average molecular weight is 396 g/mol. The first-order valence-electron chi connectivity index (χ1n) is 10.7. The first kappa shape index (κ1) is 21.8. The molecule has 1 fully saturated rings. The average Bonchev–Trinajstić information content (AvgIpc) is 2.72. The third kappa shape index (κ3) is 5.39. The molecule has 0 spiro atoms. The summed E-state index contributed by atoms with van der Waals surface area (Å²) in [5.41, 5.74) is 6.93. The monoisotopic (exact) mass is 395 g/mol. The highest BCUT2D eigenvalue weighted by Crippen LogP contribution is 2.30. The summed E-state index contributed by atoms with van der Waals surface area (Å²) in [5.74, 6) is 0.962. The zero-order valence-corrected chi connectivity index (χ0v) is 19.0. The largest absolute Gasteiger partial charge is 0.496 e. The van der Waals surface area contributed by atoms with Crippen LogP contribution in [0.2, 0.25) is 0 Å². The molecule has 0 bridgehead atoms. The molecule has 4 heteroatoms. The van der Waals surface area contributed by atoms with Crippen molar-refractivity contribution in [3.05, 3.63) is 64.2 Å². The van der Waals surface area contributed by atoms with Gasteiger partial charge < -0.3 is 9.64 Å². The van der Waals surface area contributed by atoms with Gasteiger partial charge in [0.05, 0.1) is 7.11 Å². The summed E-state index contributed by atoms with van der Waals surface area (Å²) in [6.45, 7) is 13.4. The first-order chi connectivity index (χ1) is 13.9. The normalized spacial score (nSPS) is 16.9. The highest BCUT2D eigenvalue weighted by Gasteiger charge is 2.19. The third-order valence-electron chi connectivity index (χ3n) is 6.43. The molecule has 0 amide bonds. The lowest BCUT2D eigenvalue weighted by molar-refractivity contribution is 0.148. The minimum atomic E-state index is 0.284. The minimum Gasteiger partial charge on any atom is -0.496 e. The molecular formula is C25H37N3O. The predicted octanol–water partition coefficient (Wildman–Crippen LogP) is 4.25. The number of para-hydroxylation sites is 1. The number of nitrogens with zero attached hydrogens (tertiary/aromatic N) is 3. The Morgan fingerprint density at radius 3 is 2.38 bits per heavy atom. The summed E-state index contributed by atoms with van der Waals surface area (Å²) in [5, 5.41) is 0. The van der Waals surface area contributed by atoms with Crippen LogP contribution in [0.1, 0.15) is 40.8 Å². The molecule has 0 saturated carbocycles. The molecule has 1 saturated heterocycles. The van der Waals surface area contributed by atoms with E-state index < -0.39 is 0 Å². The molecule has 0 N–H and O–H groups in total. The second kappa shape index (κ2) is 9.75. The number of hydrogen-bond acceptors (Lipinski definition) is 4. The van der Waals surface area contributed by atoms with Crippen molar-refractivity contribution in [1.82, 2.24) is 14.7 Å². The maximum atomic E-state index is 5.59. The molecule has 1 atom stereocenters. The fraction of sp³-hybridized carbons (Fsp3) is 0.520. The Balaban J connectivity index is 1.75. The lowest BCUT2D eigenvalue weighted by Crippen LogP contribution is -2.44. The molecule has 0 aliphatic carbocycles. The van der Waals surface area contributed by atoms with Crippen LogP contribution < -0.4 is 4.74 Å². The molecule has 3 rings (SSSR count). The number of likely N-dealkylation sites (N-methyl/N-ethyl adjacent to an activating group) is 1. The molecule has 158 valence electrons. The summed E-state index contributed by atoms with van der Waals surface area (Å²) >= 11 is 0. The lowest BCUT2D eigenvalue weighted by atomic mass is 9.97. The van der Waals surface area contributed by atoms with Crippen LogP contribution in [-0.2, 0) is 13.1 Å². The zero-order chi connectivity index (χ0) is 21.0. The highest BCUT2D eigenvalue weighted by molar-refractivity contribution is 5.39. The van der Waals surface area contributed by atoms with Gasteiger partial charge in [0.2, 0.25) is 0 Å². The van der Waals surface area contributed by atoms with E-state index in [9.17, 15) is 0 Å². The van der Waals surface area contributed by atoms with Gasteiger partial charge in [-0.15, -0.1) is 0 Å². The Hall–Kier alpha value is -1.88. The summed E-state index contributed by atoms with van der Waals surface area (Å²) in [4.78, 5) is 7.42. The van der Waals surface area contributed by atoms with Gasteiger partial charge in [-0.05, 0) is 57.6 Å². The molecular weight excluding hydrogens is 358 g/mol. The molecule has 1 heterocycles. The fourth-order valence-electron chi connectivity index (χ4n) is 4.24. The second-order valence-corrected chi connectivity index (χ2v) is 8.62. The van der Waals surface area contributed by atoms with Crippen molar-refractivity contribution in [2.45, 2.75) is 39.9 Å². The van der Waals surface area contributed by atoms with E-state index >= 15 is 0 Å². The van der Waals surface area contributed by atoms with Gasteiger partial charge in [0.15, 0.2) is 0 Å². The Morgan fingerprint density at radius 2 is 1.69 bits per heavy atom. The van der Waals surface area contributed by atoms with E-state index in [2.05, 4.69) is 73.8 Å². The van der Waals surface area contributed by atoms with Gasteiger partial charge in [0.1, 0.15) is 5.75 Å². The molecule has 1 aliphatic heterocycles. The summed E-state index contributed by atoms with van der Waals surface area (Å²) in [7, 11) is 6.17. The summed E-state index contributed by atoms with van der Waals surface area (Å²) in [6, 6.07) is 13.4. The first-order valence-corrected chi connectivity index (χ1v) is 10.7. The number of aryl methyl sites for hydroxylation is 1. The summed E-state index contributed by atoms with van der Waals surface area (Å²) < 4.78 is 5.59. The fourth-order valence-corrected chi connectivity index (χ4v) is 4.24. The van der Waals surface area contributed by atoms with Gasteiger partial charge in [0.25, 0.3) is 0 Å². The second-order valence-electron chi connectivity index (χ2n) is 8.62. The van der Waals surface area contributed by atoms with E-state index in [-0.39, 0.29) is 6.04 Å². The maximum Gasteiger partial charge on any atom is 0.123 e. The molecule has 1 aliphatic rings. The van der Waals surface area contributed by atoms with Crippen molar-refractivity contribution in [2.75, 3.05) is 47.4 Å². The molecule has 2 aromatic carbocycles. The van der Waals surface area contributed by atoms with Gasteiger partial charge in [-0.25, -0.2) is 0 Å². The Morgan fingerprint density at radius 1 is 1.03 bits per heavy atom. The standard InChI is InChI=1S/C25H37N3O/c1-19-15-22(17-27(5)21(3)24-9-7-8-10-25(24)29-6)20(2)23(16-19)18-28-13-11-26(4)12-14-28/h7-10,15-16,21H,11-14,17-18H2,1-6H3. The van der Waals surface area contributed by atoms with Crippen LogP contribution in [0.25, 0.3) is 0 Å². The van der Waals surface area contributed by atoms with E-state index in [4.69, 9.17) is 4.74 Å². The summed E-state index contributed by atoms with van der Waals surface area (Å²) in [6.07, 6.45) is 0. The van der Waals surface area contributed by atoms with E-state index in [1.807, 2.05) is 12.1 Å². The number of piperazine rings is 1. The maximum absolute atomic E-state index is 5.59. The quantitative estimate of drug-likeness (QED) is 0.697. The van der Waals surface area contributed by atoms with Gasteiger partial charge in [0, 0.05) is 50.9 Å². The number of ether oxygens (including phenoxy) is 1. The van der Waals surface area contributed by atoms with Crippen molar-refractivity contribution in [2.24, 2.45) is 0 Å². The number of hydrogen-bond donors (Lipinski definition) is 0. The van der Waals surface area contributed by atoms with Crippen LogP contribution in [0.3, 0.4) is 0 Å². The Kier molecular flexibility index (Phi) is 7.33. The SMILES string of the molecule is COc1ccccc1C(C)N(C)Cc1cc(C)cc(CN2CCN(C)CC2)c1C. The van der Waals surface area contributed by atoms with E-state index in [0.29, 0.717) is 0 Å². The van der Waals surface area contributed by atoms with Crippen molar-refractivity contribution < 1.29 is 4.74 Å². The Labute approximate surface area is 177 Å². The molecule has 1 unspecified atom stereocenters. The van der Waals surface area contributed by atoms with Crippen LogP contribution in [-0.4, -0.2) is 62.1 Å². The van der Waals surface area contributed by atoms with Crippen molar-refractivity contribution in [3.63, 3.8) is 0 Å². The predicted molar refractivity (Wildman–Crippen MR) is 122 cm³/mol. The van der Waals surface area contributed by atoms with Crippen LogP contribution in [0.15, 0.2) is 36.4 Å². The van der Waals surface area contributed by atoms with Crippen LogP contribution in [0.4, 0.5) is 0 Å². The van der Waals surface area contributed by atoms with E-state index in [0.717, 1.165) is 45.0 Å².